The SMILES string of the molecule is CCC(NC=NC)c1c(C)sc2c1CCC2. The maximum absolute atomic E-state index is 4.02. The van der Waals surface area contributed by atoms with Crippen molar-refractivity contribution in [2.75, 3.05) is 7.05 Å². The number of aryl methyl sites for hydroxylation is 2. The van der Waals surface area contributed by atoms with Crippen molar-refractivity contribution >= 4 is 17.7 Å². The van der Waals surface area contributed by atoms with E-state index in [1.54, 1.807) is 16.0 Å². The number of hydrogen-bond donors (Lipinski definition) is 1. The molecule has 0 aromatic carbocycles. The fourth-order valence-corrected chi connectivity index (χ4v) is 3.92. The summed E-state index contributed by atoms with van der Waals surface area (Å²) in [7, 11) is 1.81. The molecule has 0 saturated heterocycles. The Labute approximate surface area is 102 Å². The quantitative estimate of drug-likeness (QED) is 0.630. The standard InChI is InChI=1S/C13H20N2S/c1-4-11(15-8-14-3)13-9(2)16-12-7-5-6-10(12)13/h8,11H,4-7H2,1-3H3,(H,14,15). The molecule has 0 amide bonds. The number of nitrogens with one attached hydrogen (secondary N) is 1. The van der Waals surface area contributed by atoms with Crippen LogP contribution < -0.4 is 5.32 Å². The average Bonchev–Trinajstić information content (AvgIpc) is 2.81. The number of fused-ring (bicyclic) bond motifs is 1. The molecule has 0 fully saturated rings. The van der Waals surface area contributed by atoms with Crippen LogP contribution in [0.1, 0.15) is 46.7 Å². The maximum atomic E-state index is 4.02. The third-order valence-electron chi connectivity index (χ3n) is 3.31. The monoisotopic (exact) mass is 236 g/mol. The van der Waals surface area contributed by atoms with Crippen molar-refractivity contribution in [2.24, 2.45) is 4.99 Å². The van der Waals surface area contributed by atoms with Crippen molar-refractivity contribution in [3.63, 3.8) is 0 Å². The van der Waals surface area contributed by atoms with Crippen LogP contribution in [-0.4, -0.2) is 13.4 Å². The largest absolute Gasteiger partial charge is 0.370 e. The molecule has 1 aromatic rings. The predicted molar refractivity (Wildman–Crippen MR) is 71.7 cm³/mol. The number of thiophene rings is 1. The van der Waals surface area contributed by atoms with E-state index in [0.29, 0.717) is 6.04 Å². The van der Waals surface area contributed by atoms with Gasteiger partial charge in [0.25, 0.3) is 0 Å². The zero-order chi connectivity index (χ0) is 11.5. The van der Waals surface area contributed by atoms with Crippen LogP contribution in [-0.2, 0) is 12.8 Å². The summed E-state index contributed by atoms with van der Waals surface area (Å²) in [6.07, 6.45) is 6.85. The van der Waals surface area contributed by atoms with Crippen molar-refractivity contribution in [3.8, 4) is 0 Å². The van der Waals surface area contributed by atoms with Crippen LogP contribution in [0.4, 0.5) is 0 Å². The second-order valence-corrected chi connectivity index (χ2v) is 5.65. The van der Waals surface area contributed by atoms with Gasteiger partial charge in [-0.3, -0.25) is 4.99 Å². The highest BCUT2D eigenvalue weighted by molar-refractivity contribution is 7.12. The first-order chi connectivity index (χ1) is 7.77. The number of hydrogen-bond acceptors (Lipinski definition) is 2. The van der Waals surface area contributed by atoms with E-state index in [9.17, 15) is 0 Å². The molecule has 2 nitrogen and oxygen atoms in total. The van der Waals surface area contributed by atoms with Gasteiger partial charge in [-0.25, -0.2) is 0 Å². The van der Waals surface area contributed by atoms with Gasteiger partial charge in [0.1, 0.15) is 0 Å². The molecule has 1 aliphatic carbocycles. The predicted octanol–water partition coefficient (Wildman–Crippen LogP) is 3.24. The Kier molecular flexibility index (Phi) is 3.64. The van der Waals surface area contributed by atoms with E-state index in [-0.39, 0.29) is 0 Å². The summed E-state index contributed by atoms with van der Waals surface area (Å²) < 4.78 is 0. The van der Waals surface area contributed by atoms with E-state index in [1.807, 2.05) is 24.7 Å². The second kappa shape index (κ2) is 5.00. The first-order valence-corrected chi connectivity index (χ1v) is 6.87. The summed E-state index contributed by atoms with van der Waals surface area (Å²) in [6.45, 7) is 4.49. The molecule has 0 aliphatic heterocycles. The van der Waals surface area contributed by atoms with E-state index < -0.39 is 0 Å². The van der Waals surface area contributed by atoms with Gasteiger partial charge < -0.3 is 5.32 Å². The topological polar surface area (TPSA) is 24.4 Å². The lowest BCUT2D eigenvalue weighted by atomic mass is 9.99. The zero-order valence-corrected chi connectivity index (χ0v) is 11.2. The summed E-state index contributed by atoms with van der Waals surface area (Å²) >= 11 is 2.00. The minimum atomic E-state index is 0.446. The van der Waals surface area contributed by atoms with Crippen LogP contribution in [0.25, 0.3) is 0 Å². The van der Waals surface area contributed by atoms with Crippen molar-refractivity contribution in [3.05, 3.63) is 20.9 Å². The van der Waals surface area contributed by atoms with Gasteiger partial charge in [0, 0.05) is 16.8 Å². The molecule has 1 atom stereocenters. The van der Waals surface area contributed by atoms with Gasteiger partial charge in [0.2, 0.25) is 0 Å². The van der Waals surface area contributed by atoms with Crippen molar-refractivity contribution in [1.82, 2.24) is 5.32 Å². The summed E-state index contributed by atoms with van der Waals surface area (Å²) in [5.41, 5.74) is 3.19. The van der Waals surface area contributed by atoms with Crippen LogP contribution in [0.3, 0.4) is 0 Å². The van der Waals surface area contributed by atoms with Gasteiger partial charge in [-0.05, 0) is 43.7 Å². The minimum absolute atomic E-state index is 0.446. The number of rotatable bonds is 4. The third kappa shape index (κ3) is 2.01. The summed E-state index contributed by atoms with van der Waals surface area (Å²) in [5.74, 6) is 0. The highest BCUT2D eigenvalue weighted by atomic mass is 32.1. The van der Waals surface area contributed by atoms with Gasteiger partial charge in [0.15, 0.2) is 0 Å². The van der Waals surface area contributed by atoms with Crippen LogP contribution >= 0.6 is 11.3 Å². The molecule has 16 heavy (non-hydrogen) atoms. The second-order valence-electron chi connectivity index (χ2n) is 4.34. The zero-order valence-electron chi connectivity index (χ0n) is 10.3. The lowest BCUT2D eigenvalue weighted by Gasteiger charge is -2.17. The average molecular weight is 236 g/mol. The Morgan fingerprint density at radius 1 is 1.50 bits per heavy atom. The normalized spacial score (nSPS) is 16.7. The smallest absolute Gasteiger partial charge is 0.0825 e. The molecule has 1 aromatic heterocycles. The van der Waals surface area contributed by atoms with Gasteiger partial charge in [-0.2, -0.15) is 0 Å². The molecule has 88 valence electrons. The fraction of sp³-hybridized carbons (Fsp3) is 0.615. The van der Waals surface area contributed by atoms with Gasteiger partial charge in [-0.15, -0.1) is 11.3 Å². The lowest BCUT2D eigenvalue weighted by Crippen LogP contribution is -2.20. The summed E-state index contributed by atoms with van der Waals surface area (Å²) in [4.78, 5) is 7.14. The van der Waals surface area contributed by atoms with Crippen LogP contribution in [0.5, 0.6) is 0 Å². The van der Waals surface area contributed by atoms with Crippen molar-refractivity contribution < 1.29 is 0 Å². The third-order valence-corrected chi connectivity index (χ3v) is 4.53. The van der Waals surface area contributed by atoms with Gasteiger partial charge in [0.05, 0.1) is 12.4 Å². The molecule has 0 bridgehead atoms. The Hall–Kier alpha value is -0.830. The molecule has 1 heterocycles. The highest BCUT2D eigenvalue weighted by Crippen LogP contribution is 2.38. The molecule has 0 saturated carbocycles. The summed E-state index contributed by atoms with van der Waals surface area (Å²) in [6, 6.07) is 0.446. The molecular formula is C13H20N2S. The van der Waals surface area contributed by atoms with E-state index in [4.69, 9.17) is 0 Å². The first kappa shape index (κ1) is 11.6. The molecule has 1 aliphatic rings. The van der Waals surface area contributed by atoms with E-state index in [2.05, 4.69) is 24.2 Å². The van der Waals surface area contributed by atoms with E-state index in [0.717, 1.165) is 6.42 Å². The number of nitrogens with zero attached hydrogens (tertiary/aromatic N) is 1. The Morgan fingerprint density at radius 2 is 2.31 bits per heavy atom. The molecule has 1 N–H and O–H groups in total. The molecule has 0 spiro atoms. The molecule has 1 unspecified atom stereocenters. The highest BCUT2D eigenvalue weighted by Gasteiger charge is 2.24. The van der Waals surface area contributed by atoms with Crippen LogP contribution in [0, 0.1) is 6.92 Å². The Morgan fingerprint density at radius 3 is 3.00 bits per heavy atom. The van der Waals surface area contributed by atoms with E-state index >= 15 is 0 Å². The van der Waals surface area contributed by atoms with Crippen molar-refractivity contribution in [1.29, 1.82) is 0 Å². The summed E-state index contributed by atoms with van der Waals surface area (Å²) in [5, 5.41) is 3.41. The van der Waals surface area contributed by atoms with Crippen molar-refractivity contribution in [2.45, 2.75) is 45.6 Å². The molecule has 0 radical (unpaired) electrons. The molecule has 2 rings (SSSR count). The minimum Gasteiger partial charge on any atom is -0.370 e. The van der Waals surface area contributed by atoms with Crippen LogP contribution in [0.15, 0.2) is 4.99 Å². The Balaban J connectivity index is 2.30. The Bertz CT molecular complexity index is 393. The molecule has 3 heteroatoms. The molecular weight excluding hydrogens is 216 g/mol. The maximum Gasteiger partial charge on any atom is 0.0825 e. The van der Waals surface area contributed by atoms with E-state index in [1.165, 1.54) is 24.1 Å². The van der Waals surface area contributed by atoms with Gasteiger partial charge >= 0.3 is 0 Å². The fourth-order valence-electron chi connectivity index (χ4n) is 2.59. The first-order valence-electron chi connectivity index (χ1n) is 6.05. The van der Waals surface area contributed by atoms with Gasteiger partial charge in [-0.1, -0.05) is 6.92 Å². The van der Waals surface area contributed by atoms with Crippen LogP contribution in [0.2, 0.25) is 0 Å². The lowest BCUT2D eigenvalue weighted by molar-refractivity contribution is 0.625. The number of aliphatic imine (C=N–C) groups is 1.